The van der Waals surface area contributed by atoms with E-state index in [4.69, 9.17) is 0 Å². The van der Waals surface area contributed by atoms with Gasteiger partial charge in [0.2, 0.25) is 0 Å². The maximum absolute atomic E-state index is 3.55. The summed E-state index contributed by atoms with van der Waals surface area (Å²) >= 11 is 2.14. The zero-order valence-corrected chi connectivity index (χ0v) is 10.3. The molecule has 0 amide bonds. The third kappa shape index (κ3) is 2.26. The molecular weight excluding hydrogens is 192 g/mol. The third-order valence-corrected chi connectivity index (χ3v) is 4.80. The Hall–Kier alpha value is 0.270. The Morgan fingerprint density at radius 2 is 2.07 bits per heavy atom. The molecule has 4 atom stereocenters. The highest BCUT2D eigenvalue weighted by molar-refractivity contribution is 8.00. The number of nitrogens with zero attached hydrogens (tertiary/aromatic N) is 1. The number of piperazine rings is 1. The van der Waals surface area contributed by atoms with Crippen molar-refractivity contribution < 1.29 is 0 Å². The Morgan fingerprint density at radius 1 is 1.29 bits per heavy atom. The van der Waals surface area contributed by atoms with E-state index < -0.39 is 0 Å². The van der Waals surface area contributed by atoms with Crippen LogP contribution in [0, 0.1) is 0 Å². The lowest BCUT2D eigenvalue weighted by atomic mass is 10.1. The predicted molar refractivity (Wildman–Crippen MR) is 64.0 cm³/mol. The first kappa shape index (κ1) is 10.8. The number of hydrogen-bond donors (Lipinski definition) is 1. The molecule has 82 valence electrons. The molecule has 0 aromatic carbocycles. The van der Waals surface area contributed by atoms with Crippen molar-refractivity contribution in [2.75, 3.05) is 18.8 Å². The fourth-order valence-electron chi connectivity index (χ4n) is 2.58. The smallest absolute Gasteiger partial charge is 0.0200 e. The molecule has 2 nitrogen and oxygen atoms in total. The van der Waals surface area contributed by atoms with E-state index in [0.717, 1.165) is 23.9 Å². The van der Waals surface area contributed by atoms with Crippen molar-refractivity contribution in [1.29, 1.82) is 0 Å². The summed E-state index contributed by atoms with van der Waals surface area (Å²) in [4.78, 5) is 2.72. The Kier molecular flexibility index (Phi) is 3.40. The summed E-state index contributed by atoms with van der Waals surface area (Å²) in [5.74, 6) is 1.35. The van der Waals surface area contributed by atoms with Gasteiger partial charge in [-0.25, -0.2) is 0 Å². The minimum atomic E-state index is 0.673. The highest BCUT2D eigenvalue weighted by Gasteiger charge is 2.32. The summed E-state index contributed by atoms with van der Waals surface area (Å²) in [5, 5.41) is 4.42. The van der Waals surface area contributed by atoms with Crippen LogP contribution in [0.25, 0.3) is 0 Å². The van der Waals surface area contributed by atoms with Crippen molar-refractivity contribution in [3.63, 3.8) is 0 Å². The number of nitrogens with one attached hydrogen (secondary N) is 1. The molecule has 0 saturated carbocycles. The van der Waals surface area contributed by atoms with Crippen LogP contribution in [0.1, 0.15) is 27.2 Å². The third-order valence-electron chi connectivity index (χ3n) is 3.46. The summed E-state index contributed by atoms with van der Waals surface area (Å²) in [5.41, 5.74) is 0. The fourth-order valence-corrected chi connectivity index (χ4v) is 3.82. The molecule has 0 aromatic rings. The molecule has 14 heavy (non-hydrogen) atoms. The molecular formula is C11H22N2S. The molecule has 0 bridgehead atoms. The van der Waals surface area contributed by atoms with Crippen LogP contribution < -0.4 is 5.32 Å². The highest BCUT2D eigenvalue weighted by Crippen LogP contribution is 2.31. The van der Waals surface area contributed by atoms with E-state index in [1.165, 1.54) is 18.7 Å². The number of rotatable bonds is 1. The molecule has 2 fully saturated rings. The van der Waals surface area contributed by atoms with Crippen molar-refractivity contribution >= 4 is 11.8 Å². The van der Waals surface area contributed by atoms with E-state index >= 15 is 0 Å². The van der Waals surface area contributed by atoms with Crippen LogP contribution in [0.4, 0.5) is 0 Å². The normalized spacial score (nSPS) is 45.6. The van der Waals surface area contributed by atoms with Gasteiger partial charge in [0.05, 0.1) is 0 Å². The topological polar surface area (TPSA) is 15.3 Å². The van der Waals surface area contributed by atoms with Gasteiger partial charge in [-0.3, -0.25) is 4.90 Å². The van der Waals surface area contributed by atoms with Gasteiger partial charge in [0.25, 0.3) is 0 Å². The Labute approximate surface area is 91.8 Å². The molecule has 2 heterocycles. The quantitative estimate of drug-likeness (QED) is 0.713. The van der Waals surface area contributed by atoms with E-state index in [0.29, 0.717) is 6.04 Å². The molecule has 1 N–H and O–H groups in total. The van der Waals surface area contributed by atoms with Crippen LogP contribution in [-0.2, 0) is 0 Å². The van der Waals surface area contributed by atoms with Gasteiger partial charge in [-0.05, 0) is 20.3 Å². The van der Waals surface area contributed by atoms with Crippen LogP contribution in [0.2, 0.25) is 0 Å². The Morgan fingerprint density at radius 3 is 2.71 bits per heavy atom. The van der Waals surface area contributed by atoms with E-state index in [-0.39, 0.29) is 0 Å². The second kappa shape index (κ2) is 4.42. The lowest BCUT2D eigenvalue weighted by molar-refractivity contribution is 0.105. The summed E-state index contributed by atoms with van der Waals surface area (Å²) in [7, 11) is 0. The molecule has 0 spiro atoms. The van der Waals surface area contributed by atoms with Crippen molar-refractivity contribution in [3.05, 3.63) is 0 Å². The minimum Gasteiger partial charge on any atom is -0.311 e. The first-order chi connectivity index (χ1) is 6.66. The zero-order valence-electron chi connectivity index (χ0n) is 9.49. The molecule has 0 radical (unpaired) electrons. The number of thioether (sulfide) groups is 1. The van der Waals surface area contributed by atoms with Crippen molar-refractivity contribution in [2.24, 2.45) is 0 Å². The standard InChI is InChI=1S/C11H22N2S/c1-8-6-13(9(2)5-12-8)11-4-10(3)14-7-11/h8-12H,4-7H2,1-3H3. The van der Waals surface area contributed by atoms with Crippen molar-refractivity contribution in [1.82, 2.24) is 10.2 Å². The average Bonchev–Trinajstić information content (AvgIpc) is 2.56. The second-order valence-electron chi connectivity index (χ2n) is 4.89. The molecule has 0 aromatic heterocycles. The molecule has 4 unspecified atom stereocenters. The maximum atomic E-state index is 3.55. The van der Waals surface area contributed by atoms with Crippen LogP contribution in [0.5, 0.6) is 0 Å². The fraction of sp³-hybridized carbons (Fsp3) is 1.00. The van der Waals surface area contributed by atoms with E-state index in [1.54, 1.807) is 0 Å². The molecule has 3 heteroatoms. The zero-order chi connectivity index (χ0) is 10.1. The van der Waals surface area contributed by atoms with E-state index in [1.807, 2.05) is 0 Å². The van der Waals surface area contributed by atoms with Crippen LogP contribution in [0.15, 0.2) is 0 Å². The van der Waals surface area contributed by atoms with Crippen molar-refractivity contribution in [3.8, 4) is 0 Å². The van der Waals surface area contributed by atoms with Gasteiger partial charge in [0, 0.05) is 42.2 Å². The van der Waals surface area contributed by atoms with Gasteiger partial charge in [-0.2, -0.15) is 11.8 Å². The summed E-state index contributed by atoms with van der Waals surface area (Å²) in [6.45, 7) is 9.41. The molecule has 2 saturated heterocycles. The predicted octanol–water partition coefficient (Wildman–Crippen LogP) is 1.56. The highest BCUT2D eigenvalue weighted by atomic mass is 32.2. The maximum Gasteiger partial charge on any atom is 0.0200 e. The SMILES string of the molecule is CC1CN(C2CSC(C)C2)C(C)CN1. The minimum absolute atomic E-state index is 0.673. The summed E-state index contributed by atoms with van der Waals surface area (Å²) < 4.78 is 0. The first-order valence-electron chi connectivity index (χ1n) is 5.77. The van der Waals surface area contributed by atoms with Gasteiger partial charge in [-0.15, -0.1) is 0 Å². The first-order valence-corrected chi connectivity index (χ1v) is 6.82. The van der Waals surface area contributed by atoms with Gasteiger partial charge in [-0.1, -0.05) is 6.92 Å². The van der Waals surface area contributed by atoms with Crippen LogP contribution in [0.3, 0.4) is 0 Å². The van der Waals surface area contributed by atoms with E-state index in [9.17, 15) is 0 Å². The second-order valence-corrected chi connectivity index (χ2v) is 6.36. The average molecular weight is 214 g/mol. The molecule has 2 aliphatic rings. The Bertz CT molecular complexity index is 198. The lowest BCUT2D eigenvalue weighted by Crippen LogP contribution is -2.57. The van der Waals surface area contributed by atoms with Crippen LogP contribution >= 0.6 is 11.8 Å². The molecule has 0 aliphatic carbocycles. The van der Waals surface area contributed by atoms with Crippen LogP contribution in [-0.4, -0.2) is 47.1 Å². The van der Waals surface area contributed by atoms with Gasteiger partial charge >= 0.3 is 0 Å². The summed E-state index contributed by atoms with van der Waals surface area (Å²) in [6.07, 6.45) is 1.39. The monoisotopic (exact) mass is 214 g/mol. The van der Waals surface area contributed by atoms with Gasteiger partial charge < -0.3 is 5.32 Å². The number of hydrogen-bond acceptors (Lipinski definition) is 3. The molecule has 2 aliphatic heterocycles. The van der Waals surface area contributed by atoms with Gasteiger partial charge in [0.1, 0.15) is 0 Å². The molecule has 2 rings (SSSR count). The largest absolute Gasteiger partial charge is 0.311 e. The lowest BCUT2D eigenvalue weighted by Gasteiger charge is -2.41. The van der Waals surface area contributed by atoms with Gasteiger partial charge in [0.15, 0.2) is 0 Å². The summed E-state index contributed by atoms with van der Waals surface area (Å²) in [6, 6.07) is 2.24. The Balaban J connectivity index is 1.94. The van der Waals surface area contributed by atoms with Crippen molar-refractivity contribution in [2.45, 2.75) is 50.6 Å². The van der Waals surface area contributed by atoms with E-state index in [2.05, 4.69) is 42.7 Å².